The Labute approximate surface area is 128 Å². The van der Waals surface area contributed by atoms with Crippen molar-refractivity contribution in [3.05, 3.63) is 47.9 Å². The fourth-order valence-electron chi connectivity index (χ4n) is 2.36. The van der Waals surface area contributed by atoms with Crippen molar-refractivity contribution in [1.29, 1.82) is 0 Å². The second-order valence-corrected chi connectivity index (χ2v) is 4.99. The second kappa shape index (κ2) is 5.74. The largest absolute Gasteiger partial charge is 0.494 e. The number of pyridine rings is 1. The standard InChI is InChI=1S/C16H16ClN3O/c1-3-21-13-6-4-12(5-7-13)20-14(10-17)19-15-11(2)8-9-18-16(15)20/h4-9H,3,10H2,1-2H3. The molecule has 108 valence electrons. The molecular weight excluding hydrogens is 286 g/mol. The van der Waals surface area contributed by atoms with Crippen LogP contribution in [0.2, 0.25) is 0 Å². The van der Waals surface area contributed by atoms with Gasteiger partial charge in [-0.05, 0) is 49.7 Å². The maximum absolute atomic E-state index is 6.05. The number of aromatic nitrogens is 3. The van der Waals surface area contributed by atoms with Gasteiger partial charge in [-0.2, -0.15) is 0 Å². The van der Waals surface area contributed by atoms with Crippen molar-refractivity contribution >= 4 is 22.8 Å². The smallest absolute Gasteiger partial charge is 0.164 e. The quantitative estimate of drug-likeness (QED) is 0.687. The van der Waals surface area contributed by atoms with Gasteiger partial charge in [0.25, 0.3) is 0 Å². The Morgan fingerprint density at radius 1 is 1.19 bits per heavy atom. The summed E-state index contributed by atoms with van der Waals surface area (Å²) in [6, 6.07) is 9.82. The lowest BCUT2D eigenvalue weighted by Crippen LogP contribution is -2.00. The van der Waals surface area contributed by atoms with E-state index in [0.29, 0.717) is 12.5 Å². The zero-order valence-electron chi connectivity index (χ0n) is 12.0. The van der Waals surface area contributed by atoms with Gasteiger partial charge in [-0.3, -0.25) is 4.57 Å². The SMILES string of the molecule is CCOc1ccc(-n2c(CCl)nc3c(C)ccnc32)cc1. The number of hydrogen-bond acceptors (Lipinski definition) is 3. The minimum Gasteiger partial charge on any atom is -0.494 e. The molecular formula is C16H16ClN3O. The van der Waals surface area contributed by atoms with Crippen molar-refractivity contribution in [1.82, 2.24) is 14.5 Å². The molecule has 2 aromatic heterocycles. The molecule has 0 aliphatic heterocycles. The third-order valence-corrected chi connectivity index (χ3v) is 3.58. The predicted molar refractivity (Wildman–Crippen MR) is 84.3 cm³/mol. The molecule has 0 radical (unpaired) electrons. The van der Waals surface area contributed by atoms with Gasteiger partial charge >= 0.3 is 0 Å². The van der Waals surface area contributed by atoms with Crippen molar-refractivity contribution in [2.45, 2.75) is 19.7 Å². The highest BCUT2D eigenvalue weighted by Crippen LogP contribution is 2.24. The molecule has 4 nitrogen and oxygen atoms in total. The zero-order valence-corrected chi connectivity index (χ0v) is 12.8. The lowest BCUT2D eigenvalue weighted by Gasteiger charge is -2.08. The molecule has 21 heavy (non-hydrogen) atoms. The number of nitrogens with zero attached hydrogens (tertiary/aromatic N) is 3. The monoisotopic (exact) mass is 301 g/mol. The van der Waals surface area contributed by atoms with Crippen molar-refractivity contribution < 1.29 is 4.74 Å². The van der Waals surface area contributed by atoms with Crippen LogP contribution >= 0.6 is 11.6 Å². The molecule has 0 spiro atoms. The van der Waals surface area contributed by atoms with Crippen molar-refractivity contribution in [3.8, 4) is 11.4 Å². The van der Waals surface area contributed by atoms with E-state index in [4.69, 9.17) is 16.3 Å². The van der Waals surface area contributed by atoms with Gasteiger partial charge in [0.05, 0.1) is 12.5 Å². The van der Waals surface area contributed by atoms with E-state index in [1.807, 2.05) is 48.7 Å². The highest BCUT2D eigenvalue weighted by molar-refractivity contribution is 6.17. The lowest BCUT2D eigenvalue weighted by molar-refractivity contribution is 0.340. The van der Waals surface area contributed by atoms with E-state index < -0.39 is 0 Å². The molecule has 0 N–H and O–H groups in total. The Morgan fingerprint density at radius 3 is 2.62 bits per heavy atom. The normalized spacial score (nSPS) is 11.0. The summed E-state index contributed by atoms with van der Waals surface area (Å²) in [6.45, 7) is 4.65. The highest BCUT2D eigenvalue weighted by atomic mass is 35.5. The summed E-state index contributed by atoms with van der Waals surface area (Å²) in [5, 5.41) is 0. The number of aryl methyl sites for hydroxylation is 1. The molecule has 5 heteroatoms. The molecule has 0 bridgehead atoms. The molecule has 3 aromatic rings. The third kappa shape index (κ3) is 2.47. The Morgan fingerprint density at radius 2 is 1.95 bits per heavy atom. The summed E-state index contributed by atoms with van der Waals surface area (Å²) in [5.41, 5.74) is 3.79. The van der Waals surface area contributed by atoms with Crippen molar-refractivity contribution in [2.24, 2.45) is 0 Å². The number of ether oxygens (including phenoxy) is 1. The molecule has 0 amide bonds. The van der Waals surface area contributed by atoms with Gasteiger partial charge in [-0.25, -0.2) is 9.97 Å². The van der Waals surface area contributed by atoms with E-state index in [9.17, 15) is 0 Å². The fraction of sp³-hybridized carbons (Fsp3) is 0.250. The third-order valence-electron chi connectivity index (χ3n) is 3.34. The van der Waals surface area contributed by atoms with Crippen molar-refractivity contribution in [2.75, 3.05) is 6.61 Å². The molecule has 2 heterocycles. The van der Waals surface area contributed by atoms with Gasteiger partial charge < -0.3 is 4.74 Å². The highest BCUT2D eigenvalue weighted by Gasteiger charge is 2.14. The van der Waals surface area contributed by atoms with Gasteiger partial charge in [0.15, 0.2) is 5.65 Å². The van der Waals surface area contributed by atoms with Gasteiger partial charge in [0.2, 0.25) is 0 Å². The molecule has 1 aromatic carbocycles. The molecule has 0 saturated heterocycles. The topological polar surface area (TPSA) is 39.9 Å². The summed E-state index contributed by atoms with van der Waals surface area (Å²) in [7, 11) is 0. The van der Waals surface area contributed by atoms with Crippen LogP contribution in [0.15, 0.2) is 36.5 Å². The molecule has 3 rings (SSSR count). The van der Waals surface area contributed by atoms with Gasteiger partial charge in [0.1, 0.15) is 17.1 Å². The predicted octanol–water partition coefficient (Wildman–Crippen LogP) is 3.87. The van der Waals surface area contributed by atoms with E-state index in [1.165, 1.54) is 0 Å². The molecule has 0 saturated carbocycles. The van der Waals surface area contributed by atoms with Crippen LogP contribution in [0.1, 0.15) is 18.3 Å². The van der Waals surface area contributed by atoms with E-state index in [1.54, 1.807) is 6.20 Å². The minimum absolute atomic E-state index is 0.336. The van der Waals surface area contributed by atoms with Crippen LogP contribution in [0.5, 0.6) is 5.75 Å². The molecule has 0 atom stereocenters. The summed E-state index contributed by atoms with van der Waals surface area (Å²) in [5.74, 6) is 1.98. The number of benzene rings is 1. The number of rotatable bonds is 4. The number of hydrogen-bond donors (Lipinski definition) is 0. The Balaban J connectivity index is 2.16. The van der Waals surface area contributed by atoms with Crippen molar-refractivity contribution in [3.63, 3.8) is 0 Å². The Kier molecular flexibility index (Phi) is 3.80. The number of fused-ring (bicyclic) bond motifs is 1. The summed E-state index contributed by atoms with van der Waals surface area (Å²) >= 11 is 6.05. The van der Waals surface area contributed by atoms with Crippen LogP contribution in [0.3, 0.4) is 0 Å². The minimum atomic E-state index is 0.336. The molecule has 0 aliphatic rings. The average molecular weight is 302 g/mol. The molecule has 0 unspecified atom stereocenters. The first-order valence-electron chi connectivity index (χ1n) is 6.86. The van der Waals surface area contributed by atoms with Gasteiger partial charge in [0, 0.05) is 11.9 Å². The van der Waals surface area contributed by atoms with E-state index >= 15 is 0 Å². The summed E-state index contributed by atoms with van der Waals surface area (Å²) in [4.78, 5) is 9.06. The van der Waals surface area contributed by atoms with E-state index in [0.717, 1.165) is 34.0 Å². The van der Waals surface area contributed by atoms with Crippen LogP contribution < -0.4 is 4.74 Å². The van der Waals surface area contributed by atoms with Gasteiger partial charge in [-0.15, -0.1) is 11.6 Å². The van der Waals surface area contributed by atoms with Crippen LogP contribution in [0.25, 0.3) is 16.9 Å². The molecule has 0 aliphatic carbocycles. The summed E-state index contributed by atoms with van der Waals surface area (Å²) in [6.07, 6.45) is 1.79. The average Bonchev–Trinajstić information content (AvgIpc) is 2.88. The maximum Gasteiger partial charge on any atom is 0.164 e. The van der Waals surface area contributed by atoms with E-state index in [-0.39, 0.29) is 0 Å². The Hall–Kier alpha value is -2.07. The first kappa shape index (κ1) is 13.9. The zero-order chi connectivity index (χ0) is 14.8. The van der Waals surface area contributed by atoms with Gasteiger partial charge in [-0.1, -0.05) is 0 Å². The summed E-state index contributed by atoms with van der Waals surface area (Å²) < 4.78 is 7.47. The Bertz CT molecular complexity index is 765. The van der Waals surface area contributed by atoms with Crippen LogP contribution in [-0.4, -0.2) is 21.1 Å². The number of imidazole rings is 1. The molecule has 0 fully saturated rings. The second-order valence-electron chi connectivity index (χ2n) is 4.72. The van der Waals surface area contributed by atoms with Crippen LogP contribution in [0, 0.1) is 6.92 Å². The lowest BCUT2D eigenvalue weighted by atomic mass is 10.2. The van der Waals surface area contributed by atoms with Crippen LogP contribution in [0.4, 0.5) is 0 Å². The first-order chi connectivity index (χ1) is 10.2. The van der Waals surface area contributed by atoms with E-state index in [2.05, 4.69) is 9.97 Å². The number of alkyl halides is 1. The van der Waals surface area contributed by atoms with Crippen LogP contribution in [-0.2, 0) is 5.88 Å². The fourth-order valence-corrected chi connectivity index (χ4v) is 2.54. The maximum atomic E-state index is 6.05. The first-order valence-corrected chi connectivity index (χ1v) is 7.40. The number of halogens is 1.